The normalized spacial score (nSPS) is 13.2. The zero-order valence-electron chi connectivity index (χ0n) is 10.7. The van der Waals surface area contributed by atoms with Gasteiger partial charge in [0.15, 0.2) is 0 Å². The first kappa shape index (κ1) is 17.4. The van der Waals surface area contributed by atoms with Crippen molar-refractivity contribution in [3.63, 3.8) is 0 Å². The van der Waals surface area contributed by atoms with E-state index in [0.717, 1.165) is 6.08 Å². The molecule has 3 N–H and O–H groups in total. The molecule has 8 heteroatoms. The molecule has 0 rings (SSSR count). The molecule has 19 heavy (non-hydrogen) atoms. The Morgan fingerprint density at radius 3 is 2.63 bits per heavy atom. The molecule has 1 amide bonds. The zero-order valence-corrected chi connectivity index (χ0v) is 10.7. The van der Waals surface area contributed by atoms with E-state index in [2.05, 4.69) is 16.6 Å². The summed E-state index contributed by atoms with van der Waals surface area (Å²) in [6, 6.07) is 0. The molecule has 0 saturated heterocycles. The van der Waals surface area contributed by atoms with Gasteiger partial charge in [-0.2, -0.15) is 0 Å². The maximum atomic E-state index is 11.2. The van der Waals surface area contributed by atoms with E-state index in [1.807, 2.05) is 0 Å². The second-order valence-electron chi connectivity index (χ2n) is 3.37. The lowest BCUT2D eigenvalue weighted by Gasteiger charge is -2.18. The van der Waals surface area contributed by atoms with Gasteiger partial charge in [-0.1, -0.05) is 6.58 Å². The van der Waals surface area contributed by atoms with Crippen LogP contribution >= 0.6 is 0 Å². The van der Waals surface area contributed by atoms with Crippen molar-refractivity contribution >= 4 is 12.1 Å². The number of carbonyl (C=O) groups is 2. The fourth-order valence-electron chi connectivity index (χ4n) is 0.962. The minimum Gasteiger partial charge on any atom is -0.450 e. The zero-order chi connectivity index (χ0) is 14.7. The molecule has 0 fully saturated rings. The number of aliphatic hydroxyl groups excluding tert-OH is 2. The number of amides is 1. The molecule has 0 aromatic heterocycles. The van der Waals surface area contributed by atoms with Crippen LogP contribution in [0.3, 0.4) is 0 Å². The first-order valence-electron chi connectivity index (χ1n) is 5.66. The first-order chi connectivity index (χ1) is 9.03. The molecule has 0 aromatic rings. The third kappa shape index (κ3) is 9.00. The lowest BCUT2D eigenvalue weighted by Crippen LogP contribution is -2.42. The molecule has 0 spiro atoms. The van der Waals surface area contributed by atoms with Gasteiger partial charge in [-0.15, -0.1) is 0 Å². The Labute approximate surface area is 111 Å². The van der Waals surface area contributed by atoms with Crippen molar-refractivity contribution in [3.05, 3.63) is 12.7 Å². The summed E-state index contributed by atoms with van der Waals surface area (Å²) < 4.78 is 14.4. The summed E-state index contributed by atoms with van der Waals surface area (Å²) in [5.74, 6) is -0.742. The smallest absolute Gasteiger partial charge is 0.410 e. The quantitative estimate of drug-likeness (QED) is 0.286. The van der Waals surface area contributed by atoms with Gasteiger partial charge in [0, 0.05) is 6.08 Å². The number of rotatable bonds is 9. The van der Waals surface area contributed by atoms with E-state index in [-0.39, 0.29) is 19.8 Å². The van der Waals surface area contributed by atoms with E-state index in [4.69, 9.17) is 19.7 Å². The van der Waals surface area contributed by atoms with E-state index in [9.17, 15) is 9.59 Å². The van der Waals surface area contributed by atoms with Crippen LogP contribution in [-0.2, 0) is 19.0 Å². The monoisotopic (exact) mass is 277 g/mol. The van der Waals surface area contributed by atoms with Crippen LogP contribution < -0.4 is 5.32 Å². The molecule has 0 radical (unpaired) electrons. The van der Waals surface area contributed by atoms with Crippen LogP contribution in [0, 0.1) is 0 Å². The molecule has 0 saturated carbocycles. The highest BCUT2D eigenvalue weighted by atomic mass is 16.6. The minimum absolute atomic E-state index is 0.164. The van der Waals surface area contributed by atoms with Crippen LogP contribution in [0.25, 0.3) is 0 Å². The molecule has 0 aliphatic heterocycles. The van der Waals surface area contributed by atoms with Gasteiger partial charge in [0.25, 0.3) is 0 Å². The van der Waals surface area contributed by atoms with Crippen molar-refractivity contribution in [1.29, 1.82) is 0 Å². The van der Waals surface area contributed by atoms with Crippen molar-refractivity contribution in [2.24, 2.45) is 0 Å². The second-order valence-corrected chi connectivity index (χ2v) is 3.37. The van der Waals surface area contributed by atoms with Gasteiger partial charge in [-0.05, 0) is 6.92 Å². The molecule has 2 atom stereocenters. The molecule has 0 aromatic carbocycles. The maximum Gasteiger partial charge on any atom is 0.410 e. The lowest BCUT2D eigenvalue weighted by molar-refractivity contribution is -0.148. The average Bonchev–Trinajstić information content (AvgIpc) is 2.38. The fraction of sp³-hybridized carbons (Fsp3) is 0.636. The van der Waals surface area contributed by atoms with Gasteiger partial charge in [0.2, 0.25) is 6.23 Å². The van der Waals surface area contributed by atoms with Crippen LogP contribution in [0.5, 0.6) is 0 Å². The van der Waals surface area contributed by atoms with Gasteiger partial charge < -0.3 is 24.4 Å². The number of aliphatic hydroxyl groups is 2. The average molecular weight is 277 g/mol. The summed E-state index contributed by atoms with van der Waals surface area (Å²) >= 11 is 0. The third-order valence-corrected chi connectivity index (χ3v) is 1.77. The summed E-state index contributed by atoms with van der Waals surface area (Å²) in [6.07, 6.45) is -1.95. The van der Waals surface area contributed by atoms with Gasteiger partial charge in [0.05, 0.1) is 19.8 Å². The number of alkyl carbamates (subject to hydrolysis) is 1. The van der Waals surface area contributed by atoms with Crippen molar-refractivity contribution in [3.8, 4) is 0 Å². The van der Waals surface area contributed by atoms with Crippen LogP contribution in [0.15, 0.2) is 12.7 Å². The van der Waals surface area contributed by atoms with Crippen LogP contribution in [0.2, 0.25) is 0 Å². The molecule has 0 aliphatic rings. The van der Waals surface area contributed by atoms with E-state index in [1.165, 1.54) is 0 Å². The molecular formula is C11H19NO7. The second kappa shape index (κ2) is 10.3. The predicted molar refractivity (Wildman–Crippen MR) is 64.1 cm³/mol. The topological polar surface area (TPSA) is 114 Å². The van der Waals surface area contributed by atoms with E-state index >= 15 is 0 Å². The van der Waals surface area contributed by atoms with Crippen LogP contribution in [0.1, 0.15) is 6.92 Å². The van der Waals surface area contributed by atoms with E-state index in [0.29, 0.717) is 0 Å². The Balaban J connectivity index is 4.20. The highest BCUT2D eigenvalue weighted by Gasteiger charge is 2.17. The summed E-state index contributed by atoms with van der Waals surface area (Å²) in [5.41, 5.74) is 0. The lowest BCUT2D eigenvalue weighted by atomic mass is 10.4. The van der Waals surface area contributed by atoms with Crippen molar-refractivity contribution in [2.75, 3.05) is 26.4 Å². The Hall–Kier alpha value is -1.64. The van der Waals surface area contributed by atoms with Crippen molar-refractivity contribution in [2.45, 2.75) is 19.3 Å². The van der Waals surface area contributed by atoms with Crippen LogP contribution in [-0.4, -0.2) is 61.0 Å². The molecule has 8 nitrogen and oxygen atoms in total. The summed E-state index contributed by atoms with van der Waals surface area (Å²) in [4.78, 5) is 22.2. The third-order valence-electron chi connectivity index (χ3n) is 1.77. The largest absolute Gasteiger partial charge is 0.450 e. The Morgan fingerprint density at radius 2 is 2.11 bits per heavy atom. The van der Waals surface area contributed by atoms with Gasteiger partial charge in [0.1, 0.15) is 12.7 Å². The highest BCUT2D eigenvalue weighted by molar-refractivity contribution is 5.81. The molecule has 0 aliphatic carbocycles. The van der Waals surface area contributed by atoms with E-state index in [1.54, 1.807) is 6.92 Å². The number of carbonyl (C=O) groups excluding carboxylic acids is 2. The Kier molecular flexibility index (Phi) is 9.41. The molecule has 110 valence electrons. The minimum atomic E-state index is -1.07. The van der Waals surface area contributed by atoms with Gasteiger partial charge >= 0.3 is 12.1 Å². The number of esters is 1. The summed E-state index contributed by atoms with van der Waals surface area (Å²) in [5, 5.41) is 19.9. The predicted octanol–water partition coefficient (Wildman–Crippen LogP) is -0.842. The molecule has 0 heterocycles. The van der Waals surface area contributed by atoms with E-state index < -0.39 is 31.0 Å². The molecule has 2 unspecified atom stereocenters. The van der Waals surface area contributed by atoms with Crippen LogP contribution in [0.4, 0.5) is 4.79 Å². The number of ether oxygens (including phenoxy) is 3. The summed E-state index contributed by atoms with van der Waals surface area (Å²) in [7, 11) is 0. The Morgan fingerprint density at radius 1 is 1.42 bits per heavy atom. The summed E-state index contributed by atoms with van der Waals surface area (Å²) in [6.45, 7) is 4.19. The molecule has 0 bridgehead atoms. The van der Waals surface area contributed by atoms with Gasteiger partial charge in [-0.3, -0.25) is 5.32 Å². The Bertz CT molecular complexity index is 295. The van der Waals surface area contributed by atoms with Crippen molar-refractivity contribution in [1.82, 2.24) is 5.32 Å². The maximum absolute atomic E-state index is 11.2. The fourth-order valence-corrected chi connectivity index (χ4v) is 0.962. The number of hydrogen-bond acceptors (Lipinski definition) is 7. The SMILES string of the molecule is C=CC(=O)OC(COCC(O)CO)NC(=O)OCC. The standard InChI is InChI=1S/C11H19NO7/c1-3-10(15)19-9(12-11(16)18-4-2)7-17-6-8(14)5-13/h3,8-9,13-14H,1,4-7H2,2H3,(H,12,16). The molecular weight excluding hydrogens is 258 g/mol. The van der Waals surface area contributed by atoms with Crippen molar-refractivity contribution < 1.29 is 34.0 Å². The first-order valence-corrected chi connectivity index (χ1v) is 5.66. The number of hydrogen-bond donors (Lipinski definition) is 3. The number of nitrogens with one attached hydrogen (secondary N) is 1. The van der Waals surface area contributed by atoms with Gasteiger partial charge in [-0.25, -0.2) is 9.59 Å². The highest BCUT2D eigenvalue weighted by Crippen LogP contribution is 1.95.